The Kier molecular flexibility index (Phi) is 3.56. The lowest BCUT2D eigenvalue weighted by molar-refractivity contribution is 0.464. The first-order chi connectivity index (χ1) is 9.38. The predicted octanol–water partition coefficient (Wildman–Crippen LogP) is 3.13. The van der Waals surface area contributed by atoms with E-state index in [1.54, 1.807) is 0 Å². The SMILES string of the molecule is CCNC1CCCc2nc(-c3ccccc3)ncc21. The number of nitrogens with one attached hydrogen (secondary N) is 1. The molecule has 1 aliphatic rings. The van der Waals surface area contributed by atoms with Crippen molar-refractivity contribution in [3.05, 3.63) is 47.8 Å². The molecule has 3 rings (SSSR count). The molecular weight excluding hydrogens is 234 g/mol. The molecular formula is C16H19N3. The zero-order valence-corrected chi connectivity index (χ0v) is 11.3. The summed E-state index contributed by atoms with van der Waals surface area (Å²) in [6, 6.07) is 10.6. The van der Waals surface area contributed by atoms with Gasteiger partial charge in [0, 0.05) is 29.1 Å². The highest BCUT2D eigenvalue weighted by Gasteiger charge is 2.21. The molecule has 1 aromatic heterocycles. The topological polar surface area (TPSA) is 37.8 Å². The van der Waals surface area contributed by atoms with Crippen molar-refractivity contribution in [1.82, 2.24) is 15.3 Å². The Morgan fingerprint density at radius 1 is 1.26 bits per heavy atom. The molecule has 98 valence electrons. The van der Waals surface area contributed by atoms with E-state index >= 15 is 0 Å². The lowest BCUT2D eigenvalue weighted by Crippen LogP contribution is -2.25. The molecule has 0 saturated heterocycles. The molecule has 3 heteroatoms. The van der Waals surface area contributed by atoms with Gasteiger partial charge in [0.1, 0.15) is 0 Å². The van der Waals surface area contributed by atoms with Crippen LogP contribution < -0.4 is 5.32 Å². The average Bonchev–Trinajstić information content (AvgIpc) is 2.48. The van der Waals surface area contributed by atoms with E-state index in [0.717, 1.165) is 24.4 Å². The largest absolute Gasteiger partial charge is 0.310 e. The van der Waals surface area contributed by atoms with Crippen LogP contribution in [0.25, 0.3) is 11.4 Å². The van der Waals surface area contributed by atoms with E-state index in [4.69, 9.17) is 4.98 Å². The van der Waals surface area contributed by atoms with Crippen LogP contribution in [0.2, 0.25) is 0 Å². The highest BCUT2D eigenvalue weighted by molar-refractivity contribution is 5.54. The summed E-state index contributed by atoms with van der Waals surface area (Å²) < 4.78 is 0. The Balaban J connectivity index is 1.96. The summed E-state index contributed by atoms with van der Waals surface area (Å²) in [5.41, 5.74) is 3.59. The average molecular weight is 253 g/mol. The van der Waals surface area contributed by atoms with Gasteiger partial charge < -0.3 is 5.32 Å². The normalized spacial score (nSPS) is 18.1. The van der Waals surface area contributed by atoms with Gasteiger partial charge in [-0.15, -0.1) is 0 Å². The maximum atomic E-state index is 4.76. The zero-order chi connectivity index (χ0) is 13.1. The molecule has 0 aliphatic heterocycles. The minimum Gasteiger partial charge on any atom is -0.310 e. The Morgan fingerprint density at radius 2 is 2.11 bits per heavy atom. The second-order valence-electron chi connectivity index (χ2n) is 4.96. The molecule has 0 radical (unpaired) electrons. The van der Waals surface area contributed by atoms with Crippen molar-refractivity contribution in [2.24, 2.45) is 0 Å². The van der Waals surface area contributed by atoms with E-state index in [1.165, 1.54) is 24.1 Å². The smallest absolute Gasteiger partial charge is 0.159 e. The van der Waals surface area contributed by atoms with Crippen molar-refractivity contribution < 1.29 is 0 Å². The molecule has 0 spiro atoms. The van der Waals surface area contributed by atoms with Crippen LogP contribution in [0.4, 0.5) is 0 Å². The fraction of sp³-hybridized carbons (Fsp3) is 0.375. The van der Waals surface area contributed by atoms with Gasteiger partial charge in [0.25, 0.3) is 0 Å². The van der Waals surface area contributed by atoms with E-state index in [9.17, 15) is 0 Å². The third kappa shape index (κ3) is 2.51. The predicted molar refractivity (Wildman–Crippen MR) is 76.8 cm³/mol. The molecule has 1 N–H and O–H groups in total. The van der Waals surface area contributed by atoms with Crippen LogP contribution in [0.3, 0.4) is 0 Å². The van der Waals surface area contributed by atoms with Gasteiger partial charge in [-0.25, -0.2) is 9.97 Å². The van der Waals surface area contributed by atoms with Crippen molar-refractivity contribution in [1.29, 1.82) is 0 Å². The first-order valence-electron chi connectivity index (χ1n) is 7.03. The number of fused-ring (bicyclic) bond motifs is 1. The highest BCUT2D eigenvalue weighted by atomic mass is 14.9. The molecule has 3 nitrogen and oxygen atoms in total. The molecule has 1 aliphatic carbocycles. The summed E-state index contributed by atoms with van der Waals surface area (Å²) in [5, 5.41) is 3.52. The Labute approximate surface area is 114 Å². The van der Waals surface area contributed by atoms with E-state index in [2.05, 4.69) is 29.4 Å². The summed E-state index contributed by atoms with van der Waals surface area (Å²) >= 11 is 0. The van der Waals surface area contributed by atoms with Gasteiger partial charge in [-0.2, -0.15) is 0 Å². The molecule has 1 atom stereocenters. The van der Waals surface area contributed by atoms with Crippen LogP contribution in [0.5, 0.6) is 0 Å². The first-order valence-corrected chi connectivity index (χ1v) is 7.03. The number of hydrogen-bond acceptors (Lipinski definition) is 3. The quantitative estimate of drug-likeness (QED) is 0.913. The van der Waals surface area contributed by atoms with Gasteiger partial charge in [-0.3, -0.25) is 0 Å². The molecule has 0 amide bonds. The van der Waals surface area contributed by atoms with Gasteiger partial charge in [0.05, 0.1) is 0 Å². The second-order valence-corrected chi connectivity index (χ2v) is 4.96. The third-order valence-electron chi connectivity index (χ3n) is 3.66. The fourth-order valence-corrected chi connectivity index (χ4v) is 2.73. The minimum atomic E-state index is 0.429. The van der Waals surface area contributed by atoms with Crippen molar-refractivity contribution in [3.63, 3.8) is 0 Å². The molecule has 19 heavy (non-hydrogen) atoms. The molecule has 0 fully saturated rings. The maximum absolute atomic E-state index is 4.76. The minimum absolute atomic E-state index is 0.429. The van der Waals surface area contributed by atoms with E-state index in [1.807, 2.05) is 24.4 Å². The lowest BCUT2D eigenvalue weighted by atomic mass is 9.92. The van der Waals surface area contributed by atoms with Crippen LogP contribution in [-0.2, 0) is 6.42 Å². The number of benzene rings is 1. The maximum Gasteiger partial charge on any atom is 0.159 e. The van der Waals surface area contributed by atoms with Gasteiger partial charge in [-0.1, -0.05) is 37.3 Å². The van der Waals surface area contributed by atoms with Gasteiger partial charge >= 0.3 is 0 Å². The van der Waals surface area contributed by atoms with Crippen LogP contribution >= 0.6 is 0 Å². The van der Waals surface area contributed by atoms with Crippen LogP contribution in [0.1, 0.15) is 37.1 Å². The monoisotopic (exact) mass is 253 g/mol. The summed E-state index contributed by atoms with van der Waals surface area (Å²) in [5.74, 6) is 0.844. The molecule has 1 heterocycles. The number of nitrogens with zero attached hydrogens (tertiary/aromatic N) is 2. The van der Waals surface area contributed by atoms with Gasteiger partial charge in [-0.05, 0) is 25.8 Å². The molecule has 1 aromatic carbocycles. The van der Waals surface area contributed by atoms with Gasteiger partial charge in [0.2, 0.25) is 0 Å². The van der Waals surface area contributed by atoms with Crippen LogP contribution in [-0.4, -0.2) is 16.5 Å². The number of aromatic nitrogens is 2. The summed E-state index contributed by atoms with van der Waals surface area (Å²) in [6.07, 6.45) is 5.47. The van der Waals surface area contributed by atoms with Crippen molar-refractivity contribution >= 4 is 0 Å². The Morgan fingerprint density at radius 3 is 2.89 bits per heavy atom. The van der Waals surface area contributed by atoms with E-state index in [0.29, 0.717) is 6.04 Å². The van der Waals surface area contributed by atoms with Crippen LogP contribution in [0, 0.1) is 0 Å². The second kappa shape index (κ2) is 5.49. The van der Waals surface area contributed by atoms with E-state index in [-0.39, 0.29) is 0 Å². The highest BCUT2D eigenvalue weighted by Crippen LogP contribution is 2.29. The van der Waals surface area contributed by atoms with Crippen molar-refractivity contribution in [2.45, 2.75) is 32.2 Å². The summed E-state index contributed by atoms with van der Waals surface area (Å²) in [4.78, 5) is 9.31. The number of hydrogen-bond donors (Lipinski definition) is 1. The van der Waals surface area contributed by atoms with Crippen molar-refractivity contribution in [3.8, 4) is 11.4 Å². The molecule has 0 saturated carbocycles. The first kappa shape index (κ1) is 12.3. The summed E-state index contributed by atoms with van der Waals surface area (Å²) in [6.45, 7) is 3.14. The standard InChI is InChI=1S/C16H19N3/c1-2-17-14-9-6-10-15-13(14)11-18-16(19-15)12-7-4-3-5-8-12/h3-5,7-8,11,14,17H,2,6,9-10H2,1H3. The Hall–Kier alpha value is -1.74. The molecule has 2 aromatic rings. The van der Waals surface area contributed by atoms with E-state index < -0.39 is 0 Å². The Bertz CT molecular complexity index is 551. The fourth-order valence-electron chi connectivity index (χ4n) is 2.73. The van der Waals surface area contributed by atoms with Gasteiger partial charge in [0.15, 0.2) is 5.82 Å². The molecule has 0 bridgehead atoms. The number of aryl methyl sites for hydroxylation is 1. The lowest BCUT2D eigenvalue weighted by Gasteiger charge is -2.25. The molecule has 1 unspecified atom stereocenters. The van der Waals surface area contributed by atoms with Crippen molar-refractivity contribution in [2.75, 3.05) is 6.54 Å². The summed E-state index contributed by atoms with van der Waals surface area (Å²) in [7, 11) is 0. The zero-order valence-electron chi connectivity index (χ0n) is 11.3. The third-order valence-corrected chi connectivity index (χ3v) is 3.66. The number of rotatable bonds is 3. The van der Waals surface area contributed by atoms with Crippen LogP contribution in [0.15, 0.2) is 36.5 Å².